The summed E-state index contributed by atoms with van der Waals surface area (Å²) in [4.78, 5) is 22.2. The Morgan fingerprint density at radius 1 is 1.57 bits per heavy atom. The van der Waals surface area contributed by atoms with Crippen LogP contribution >= 0.6 is 15.9 Å². The van der Waals surface area contributed by atoms with Gasteiger partial charge in [-0.25, -0.2) is 4.52 Å². The van der Waals surface area contributed by atoms with Crippen molar-refractivity contribution in [2.45, 2.75) is 0 Å². The van der Waals surface area contributed by atoms with Crippen LogP contribution < -0.4 is 5.56 Å². The molecule has 0 aliphatic carbocycles. The fraction of sp³-hybridized carbons (Fsp3) is 0.125. The molecule has 0 saturated carbocycles. The minimum Gasteiger partial charge on any atom is -0.294 e. The minimum atomic E-state index is -0.243. The van der Waals surface area contributed by atoms with Crippen LogP contribution in [0.25, 0.3) is 5.52 Å². The third kappa shape index (κ3) is 1.19. The summed E-state index contributed by atoms with van der Waals surface area (Å²) in [6, 6.07) is 1.66. The molecule has 2 aromatic rings. The van der Waals surface area contributed by atoms with Gasteiger partial charge in [0.15, 0.2) is 12.1 Å². The maximum atomic E-state index is 11.6. The topological polar surface area (TPSA) is 56.4 Å². The number of aromatic nitrogens is 3. The van der Waals surface area contributed by atoms with Crippen LogP contribution in [0.5, 0.6) is 0 Å². The third-order valence-electron chi connectivity index (χ3n) is 1.95. The molecule has 2 aromatic heterocycles. The molecular weight excluding hydrogens is 250 g/mol. The fourth-order valence-electron chi connectivity index (χ4n) is 1.22. The summed E-state index contributed by atoms with van der Waals surface area (Å²) in [5.41, 5.74) is 0.192. The zero-order valence-corrected chi connectivity index (χ0v) is 8.85. The van der Waals surface area contributed by atoms with Gasteiger partial charge in [0.1, 0.15) is 5.52 Å². The molecule has 0 aromatic carbocycles. The van der Waals surface area contributed by atoms with Crippen molar-refractivity contribution in [1.82, 2.24) is 14.2 Å². The molecule has 0 unspecified atom stereocenters. The van der Waals surface area contributed by atoms with Crippen LogP contribution in [0.2, 0.25) is 0 Å². The van der Waals surface area contributed by atoms with E-state index in [0.29, 0.717) is 11.8 Å². The van der Waals surface area contributed by atoms with E-state index in [9.17, 15) is 9.59 Å². The highest BCUT2D eigenvalue weighted by molar-refractivity contribution is 9.10. The lowest BCUT2D eigenvalue weighted by molar-refractivity contribution is 0.110. The molecule has 0 bridgehead atoms. The van der Waals surface area contributed by atoms with Gasteiger partial charge in [0, 0.05) is 17.7 Å². The van der Waals surface area contributed by atoms with E-state index in [1.165, 1.54) is 16.1 Å². The Bertz CT molecular complexity index is 570. The van der Waals surface area contributed by atoms with Crippen LogP contribution in [-0.4, -0.2) is 20.5 Å². The van der Waals surface area contributed by atoms with E-state index in [4.69, 9.17) is 0 Å². The summed E-state index contributed by atoms with van der Waals surface area (Å²) >= 11 is 3.23. The standard InChI is InChI=1S/C8H6BrN3O2/c1-11-7(4-13)10-12-3-5(9)2-6(12)8(11)14/h2-4H,1H3. The molecule has 2 heterocycles. The molecule has 0 amide bonds. The summed E-state index contributed by atoms with van der Waals surface area (Å²) in [5, 5.41) is 3.96. The van der Waals surface area contributed by atoms with Crippen molar-refractivity contribution in [2.75, 3.05) is 0 Å². The van der Waals surface area contributed by atoms with Gasteiger partial charge >= 0.3 is 0 Å². The highest BCUT2D eigenvalue weighted by atomic mass is 79.9. The number of carbonyl (C=O) groups is 1. The number of nitrogens with zero attached hydrogens (tertiary/aromatic N) is 3. The number of hydrogen-bond donors (Lipinski definition) is 0. The second-order valence-electron chi connectivity index (χ2n) is 2.83. The summed E-state index contributed by atoms with van der Waals surface area (Å²) in [6.07, 6.45) is 2.18. The molecule has 0 atom stereocenters. The first kappa shape index (κ1) is 9.14. The molecule has 5 nitrogen and oxygen atoms in total. The number of hydrogen-bond acceptors (Lipinski definition) is 3. The van der Waals surface area contributed by atoms with Crippen LogP contribution in [0.3, 0.4) is 0 Å². The van der Waals surface area contributed by atoms with E-state index in [2.05, 4.69) is 21.0 Å². The summed E-state index contributed by atoms with van der Waals surface area (Å²) in [7, 11) is 1.51. The van der Waals surface area contributed by atoms with Crippen molar-refractivity contribution in [3.05, 3.63) is 32.9 Å². The zero-order valence-electron chi connectivity index (χ0n) is 7.27. The van der Waals surface area contributed by atoms with Crippen molar-refractivity contribution in [3.63, 3.8) is 0 Å². The monoisotopic (exact) mass is 255 g/mol. The lowest BCUT2D eigenvalue weighted by Crippen LogP contribution is -2.24. The normalized spacial score (nSPS) is 10.7. The van der Waals surface area contributed by atoms with Crippen molar-refractivity contribution in [3.8, 4) is 0 Å². The summed E-state index contributed by atoms with van der Waals surface area (Å²) in [6.45, 7) is 0. The summed E-state index contributed by atoms with van der Waals surface area (Å²) in [5.74, 6) is 0.102. The second-order valence-corrected chi connectivity index (χ2v) is 3.74. The molecule has 0 aliphatic rings. The van der Waals surface area contributed by atoms with E-state index in [-0.39, 0.29) is 11.4 Å². The third-order valence-corrected chi connectivity index (χ3v) is 2.38. The van der Waals surface area contributed by atoms with Gasteiger partial charge in [-0.3, -0.25) is 14.2 Å². The summed E-state index contributed by atoms with van der Waals surface area (Å²) < 4.78 is 3.36. The first-order chi connectivity index (χ1) is 6.63. The largest absolute Gasteiger partial charge is 0.294 e. The molecule has 6 heteroatoms. The van der Waals surface area contributed by atoms with Gasteiger partial charge < -0.3 is 0 Å². The average Bonchev–Trinajstić information content (AvgIpc) is 2.52. The first-order valence-electron chi connectivity index (χ1n) is 3.83. The number of rotatable bonds is 1. The Morgan fingerprint density at radius 3 is 2.93 bits per heavy atom. The second kappa shape index (κ2) is 3.06. The van der Waals surface area contributed by atoms with E-state index < -0.39 is 0 Å². The van der Waals surface area contributed by atoms with Gasteiger partial charge in [0.2, 0.25) is 0 Å². The van der Waals surface area contributed by atoms with Gasteiger partial charge in [-0.15, -0.1) is 5.10 Å². The first-order valence-corrected chi connectivity index (χ1v) is 4.63. The molecule has 72 valence electrons. The van der Waals surface area contributed by atoms with Crippen LogP contribution in [0.4, 0.5) is 0 Å². The Morgan fingerprint density at radius 2 is 2.29 bits per heavy atom. The average molecular weight is 256 g/mol. The van der Waals surface area contributed by atoms with Crippen LogP contribution in [0.1, 0.15) is 10.6 Å². The Labute approximate surface area is 87.1 Å². The lowest BCUT2D eigenvalue weighted by Gasteiger charge is -2.01. The molecular formula is C8H6BrN3O2. The van der Waals surface area contributed by atoms with E-state index in [0.717, 1.165) is 4.47 Å². The molecule has 0 radical (unpaired) electrons. The molecule has 0 aliphatic heterocycles. The van der Waals surface area contributed by atoms with E-state index in [1.807, 2.05) is 0 Å². The number of aldehydes is 1. The molecule has 14 heavy (non-hydrogen) atoms. The Hall–Kier alpha value is -1.43. The van der Waals surface area contributed by atoms with Crippen molar-refractivity contribution >= 4 is 27.7 Å². The van der Waals surface area contributed by atoms with Gasteiger partial charge in [-0.1, -0.05) is 0 Å². The molecule has 0 saturated heterocycles. The lowest BCUT2D eigenvalue weighted by atomic mass is 10.5. The van der Waals surface area contributed by atoms with Crippen molar-refractivity contribution < 1.29 is 4.79 Å². The van der Waals surface area contributed by atoms with E-state index in [1.54, 1.807) is 12.3 Å². The molecule has 0 fully saturated rings. The number of halogens is 1. The Kier molecular flexibility index (Phi) is 1.99. The number of carbonyl (C=O) groups excluding carboxylic acids is 1. The fourth-order valence-corrected chi connectivity index (χ4v) is 1.63. The van der Waals surface area contributed by atoms with Gasteiger partial charge in [0.05, 0.1) is 0 Å². The predicted octanol–water partition coefficient (Wildman–Crippen LogP) is 0.608. The zero-order chi connectivity index (χ0) is 10.3. The van der Waals surface area contributed by atoms with Crippen LogP contribution in [0, 0.1) is 0 Å². The Balaban J connectivity index is 2.98. The van der Waals surface area contributed by atoms with Crippen molar-refractivity contribution in [2.24, 2.45) is 7.05 Å². The minimum absolute atomic E-state index is 0.102. The smallest absolute Gasteiger partial charge is 0.277 e. The van der Waals surface area contributed by atoms with E-state index >= 15 is 0 Å². The van der Waals surface area contributed by atoms with Gasteiger partial charge in [-0.2, -0.15) is 0 Å². The van der Waals surface area contributed by atoms with Crippen LogP contribution in [-0.2, 0) is 7.05 Å². The highest BCUT2D eigenvalue weighted by Gasteiger charge is 2.08. The SMILES string of the molecule is Cn1c(C=O)nn2cc(Br)cc2c1=O. The maximum Gasteiger partial charge on any atom is 0.277 e. The highest BCUT2D eigenvalue weighted by Crippen LogP contribution is 2.11. The quantitative estimate of drug-likeness (QED) is 0.702. The maximum absolute atomic E-state index is 11.6. The van der Waals surface area contributed by atoms with Gasteiger partial charge in [0.25, 0.3) is 5.56 Å². The van der Waals surface area contributed by atoms with Crippen LogP contribution in [0.15, 0.2) is 21.5 Å². The predicted molar refractivity (Wildman–Crippen MR) is 53.5 cm³/mol. The molecule has 2 rings (SSSR count). The van der Waals surface area contributed by atoms with Gasteiger partial charge in [-0.05, 0) is 22.0 Å². The molecule has 0 N–H and O–H groups in total. The van der Waals surface area contributed by atoms with Crippen molar-refractivity contribution in [1.29, 1.82) is 0 Å². The molecule has 0 spiro atoms. The number of fused-ring (bicyclic) bond motifs is 1.